The van der Waals surface area contributed by atoms with Gasteiger partial charge in [0.15, 0.2) is 0 Å². The van der Waals surface area contributed by atoms with Crippen LogP contribution >= 0.6 is 0 Å². The summed E-state index contributed by atoms with van der Waals surface area (Å²) in [6.45, 7) is 6.19. The molecule has 0 unspecified atom stereocenters. The van der Waals surface area contributed by atoms with E-state index < -0.39 is 0 Å². The van der Waals surface area contributed by atoms with Crippen LogP contribution in [0.1, 0.15) is 29.8 Å². The van der Waals surface area contributed by atoms with Gasteiger partial charge in [0.25, 0.3) is 5.91 Å². The molecule has 1 aliphatic rings. The molecule has 0 radical (unpaired) electrons. The molecule has 1 aromatic carbocycles. The van der Waals surface area contributed by atoms with Crippen molar-refractivity contribution in [2.45, 2.75) is 26.1 Å². The number of amides is 1. The van der Waals surface area contributed by atoms with Crippen LogP contribution in [0.4, 0.5) is 0 Å². The quantitative estimate of drug-likeness (QED) is 0.867. The lowest BCUT2D eigenvalue weighted by molar-refractivity contribution is -0.0764. The fraction of sp³-hybridized carbons (Fsp3) is 0.368. The van der Waals surface area contributed by atoms with Crippen LogP contribution in [-0.2, 0) is 11.3 Å². The smallest absolute Gasteiger partial charge is 0.255 e. The van der Waals surface area contributed by atoms with Gasteiger partial charge in [-0.1, -0.05) is 30.3 Å². The van der Waals surface area contributed by atoms with E-state index in [9.17, 15) is 4.79 Å². The van der Waals surface area contributed by atoms with Gasteiger partial charge in [0.2, 0.25) is 5.88 Å². The first-order valence-corrected chi connectivity index (χ1v) is 8.09. The first-order chi connectivity index (χ1) is 11.5. The van der Waals surface area contributed by atoms with Crippen molar-refractivity contribution in [1.82, 2.24) is 9.88 Å². The Labute approximate surface area is 142 Å². The van der Waals surface area contributed by atoms with Gasteiger partial charge in [0, 0.05) is 25.4 Å². The zero-order valence-corrected chi connectivity index (χ0v) is 14.1. The minimum absolute atomic E-state index is 0.0199. The molecule has 5 nitrogen and oxygen atoms in total. The summed E-state index contributed by atoms with van der Waals surface area (Å²) in [6, 6.07) is 13.4. The molecule has 5 heteroatoms. The summed E-state index contributed by atoms with van der Waals surface area (Å²) >= 11 is 0. The molecule has 2 heterocycles. The molecule has 126 valence electrons. The molecular formula is C19H22N2O3. The SMILES string of the molecule is CC1(C)CN(C(=O)c2ccc(OCc3ccccc3)nc2)CCO1. The molecule has 1 saturated heterocycles. The standard InChI is InChI=1S/C19H22N2O3/c1-19(2)14-21(10-11-24-19)18(22)16-8-9-17(20-12-16)23-13-15-6-4-3-5-7-15/h3-9,12H,10-11,13-14H2,1-2H3. The summed E-state index contributed by atoms with van der Waals surface area (Å²) < 4.78 is 11.3. The highest BCUT2D eigenvalue weighted by atomic mass is 16.5. The molecule has 3 rings (SSSR count). The van der Waals surface area contributed by atoms with Gasteiger partial charge in [0.1, 0.15) is 6.61 Å². The third-order valence-corrected chi connectivity index (χ3v) is 3.93. The molecule has 0 saturated carbocycles. The third-order valence-electron chi connectivity index (χ3n) is 3.93. The maximum Gasteiger partial charge on any atom is 0.255 e. The highest BCUT2D eigenvalue weighted by Crippen LogP contribution is 2.19. The Morgan fingerprint density at radius 1 is 1.25 bits per heavy atom. The van der Waals surface area contributed by atoms with Gasteiger partial charge in [0.05, 0.1) is 17.8 Å². The molecule has 0 bridgehead atoms. The Kier molecular flexibility index (Phi) is 4.81. The van der Waals surface area contributed by atoms with Crippen LogP contribution in [0.5, 0.6) is 5.88 Å². The average molecular weight is 326 g/mol. The summed E-state index contributed by atoms with van der Waals surface area (Å²) in [6.07, 6.45) is 1.57. The fourth-order valence-electron chi connectivity index (χ4n) is 2.70. The molecule has 2 aromatic rings. The molecule has 0 aliphatic carbocycles. The summed E-state index contributed by atoms with van der Waals surface area (Å²) in [4.78, 5) is 18.6. The second-order valence-corrected chi connectivity index (χ2v) is 6.49. The van der Waals surface area contributed by atoms with Gasteiger partial charge >= 0.3 is 0 Å². The van der Waals surface area contributed by atoms with Gasteiger partial charge in [-0.05, 0) is 25.5 Å². The van der Waals surface area contributed by atoms with Crippen LogP contribution in [-0.4, -0.2) is 41.1 Å². The van der Waals surface area contributed by atoms with Crippen LogP contribution in [0.15, 0.2) is 48.7 Å². The van der Waals surface area contributed by atoms with Gasteiger partial charge in [-0.2, -0.15) is 0 Å². The van der Waals surface area contributed by atoms with Gasteiger partial charge in [-0.3, -0.25) is 4.79 Å². The third kappa shape index (κ3) is 4.11. The molecule has 1 amide bonds. The van der Waals surface area contributed by atoms with Crippen molar-refractivity contribution >= 4 is 5.91 Å². The van der Waals surface area contributed by atoms with Crippen molar-refractivity contribution in [3.63, 3.8) is 0 Å². The van der Waals surface area contributed by atoms with E-state index in [1.807, 2.05) is 49.1 Å². The molecule has 0 spiro atoms. The molecule has 1 aromatic heterocycles. The first-order valence-electron chi connectivity index (χ1n) is 8.09. The molecular weight excluding hydrogens is 304 g/mol. The van der Waals surface area contributed by atoms with Crippen LogP contribution in [0.3, 0.4) is 0 Å². The number of hydrogen-bond acceptors (Lipinski definition) is 4. The number of pyridine rings is 1. The van der Waals surface area contributed by atoms with E-state index in [1.54, 1.807) is 18.3 Å². The highest BCUT2D eigenvalue weighted by Gasteiger charge is 2.30. The Morgan fingerprint density at radius 2 is 2.04 bits per heavy atom. The van der Waals surface area contributed by atoms with E-state index in [0.717, 1.165) is 5.56 Å². The average Bonchev–Trinajstić information content (AvgIpc) is 2.60. The maximum atomic E-state index is 12.6. The summed E-state index contributed by atoms with van der Waals surface area (Å²) in [5.41, 5.74) is 1.34. The Balaban J connectivity index is 1.60. The van der Waals surface area contributed by atoms with Crippen molar-refractivity contribution in [2.24, 2.45) is 0 Å². The van der Waals surface area contributed by atoms with Gasteiger partial charge in [-0.25, -0.2) is 4.98 Å². The number of benzene rings is 1. The topological polar surface area (TPSA) is 51.7 Å². The van der Waals surface area contributed by atoms with E-state index in [-0.39, 0.29) is 11.5 Å². The van der Waals surface area contributed by atoms with E-state index in [1.165, 1.54) is 0 Å². The summed E-state index contributed by atoms with van der Waals surface area (Å²) in [5, 5.41) is 0. The lowest BCUT2D eigenvalue weighted by Gasteiger charge is -2.38. The van der Waals surface area contributed by atoms with E-state index in [2.05, 4.69) is 4.98 Å². The van der Waals surface area contributed by atoms with E-state index in [4.69, 9.17) is 9.47 Å². The van der Waals surface area contributed by atoms with E-state index >= 15 is 0 Å². The van der Waals surface area contributed by atoms with E-state index in [0.29, 0.717) is 37.7 Å². The van der Waals surface area contributed by atoms with Gasteiger partial charge in [-0.15, -0.1) is 0 Å². The Hall–Kier alpha value is -2.40. The lowest BCUT2D eigenvalue weighted by atomic mass is 10.1. The normalized spacial score (nSPS) is 16.7. The molecule has 0 N–H and O–H groups in total. The maximum absolute atomic E-state index is 12.6. The number of aromatic nitrogens is 1. The number of ether oxygens (including phenoxy) is 2. The van der Waals surface area contributed by atoms with Crippen molar-refractivity contribution in [3.05, 3.63) is 59.8 Å². The zero-order valence-electron chi connectivity index (χ0n) is 14.1. The molecule has 24 heavy (non-hydrogen) atoms. The minimum Gasteiger partial charge on any atom is -0.473 e. The largest absolute Gasteiger partial charge is 0.473 e. The number of carbonyl (C=O) groups is 1. The van der Waals surface area contributed by atoms with Crippen molar-refractivity contribution in [3.8, 4) is 5.88 Å². The number of nitrogens with zero attached hydrogens (tertiary/aromatic N) is 2. The lowest BCUT2D eigenvalue weighted by Crippen LogP contribution is -2.50. The predicted molar refractivity (Wildman–Crippen MR) is 90.9 cm³/mol. The highest BCUT2D eigenvalue weighted by molar-refractivity contribution is 5.94. The number of carbonyl (C=O) groups excluding carboxylic acids is 1. The number of rotatable bonds is 4. The minimum atomic E-state index is -0.305. The summed E-state index contributed by atoms with van der Waals surface area (Å²) in [5.74, 6) is 0.492. The van der Waals surface area contributed by atoms with Gasteiger partial charge < -0.3 is 14.4 Å². The second-order valence-electron chi connectivity index (χ2n) is 6.49. The number of morpholine rings is 1. The predicted octanol–water partition coefficient (Wildman–Crippen LogP) is 2.91. The zero-order chi connectivity index (χ0) is 17.0. The van der Waals surface area contributed by atoms with Crippen LogP contribution < -0.4 is 4.74 Å². The Morgan fingerprint density at radius 3 is 2.71 bits per heavy atom. The fourth-order valence-corrected chi connectivity index (χ4v) is 2.70. The molecule has 0 atom stereocenters. The first kappa shape index (κ1) is 16.5. The van der Waals surface area contributed by atoms with Crippen molar-refractivity contribution < 1.29 is 14.3 Å². The van der Waals surface area contributed by atoms with Crippen molar-refractivity contribution in [1.29, 1.82) is 0 Å². The second kappa shape index (κ2) is 7.01. The van der Waals surface area contributed by atoms with Crippen LogP contribution in [0, 0.1) is 0 Å². The molecule has 1 fully saturated rings. The number of hydrogen-bond donors (Lipinski definition) is 0. The van der Waals surface area contributed by atoms with Crippen LogP contribution in [0.25, 0.3) is 0 Å². The monoisotopic (exact) mass is 326 g/mol. The Bertz CT molecular complexity index is 684. The molecule has 1 aliphatic heterocycles. The van der Waals surface area contributed by atoms with Crippen molar-refractivity contribution in [2.75, 3.05) is 19.7 Å². The van der Waals surface area contributed by atoms with Crippen LogP contribution in [0.2, 0.25) is 0 Å². The summed E-state index contributed by atoms with van der Waals surface area (Å²) in [7, 11) is 0.